The Kier molecular flexibility index (Phi) is 3.27. The van der Waals surface area contributed by atoms with E-state index in [0.717, 1.165) is 19.4 Å². The minimum Gasteiger partial charge on any atom is -0.487 e. The maximum atomic E-state index is 11.5. The SMILES string of the molecule is NC1=NS(=O)(=O)Nc2cccc(OC3CCCOC3)c21. The summed E-state index contributed by atoms with van der Waals surface area (Å²) < 4.78 is 40.0. The van der Waals surface area contributed by atoms with Crippen molar-refractivity contribution in [2.45, 2.75) is 18.9 Å². The van der Waals surface area contributed by atoms with Crippen LogP contribution in [-0.4, -0.2) is 33.6 Å². The highest BCUT2D eigenvalue weighted by molar-refractivity contribution is 7.91. The average Bonchev–Trinajstić information content (AvgIpc) is 2.38. The average molecular weight is 297 g/mol. The van der Waals surface area contributed by atoms with Gasteiger partial charge in [-0.25, -0.2) is 0 Å². The number of nitrogens with zero attached hydrogens (tertiary/aromatic N) is 1. The molecule has 0 aliphatic carbocycles. The summed E-state index contributed by atoms with van der Waals surface area (Å²) in [5.41, 5.74) is 6.61. The van der Waals surface area contributed by atoms with Gasteiger partial charge < -0.3 is 15.2 Å². The Balaban J connectivity index is 1.94. The molecule has 8 heteroatoms. The zero-order chi connectivity index (χ0) is 14.2. The van der Waals surface area contributed by atoms with Gasteiger partial charge in [0, 0.05) is 6.61 Å². The van der Waals surface area contributed by atoms with E-state index in [9.17, 15) is 8.42 Å². The third-order valence-corrected chi connectivity index (χ3v) is 4.07. The molecule has 2 heterocycles. The summed E-state index contributed by atoms with van der Waals surface area (Å²) in [6.07, 6.45) is 1.78. The van der Waals surface area contributed by atoms with Crippen LogP contribution in [0.15, 0.2) is 22.6 Å². The van der Waals surface area contributed by atoms with E-state index in [1.807, 2.05) is 0 Å². The molecule has 1 atom stereocenters. The molecule has 0 bridgehead atoms. The Hall–Kier alpha value is -1.80. The van der Waals surface area contributed by atoms with E-state index in [1.54, 1.807) is 18.2 Å². The number of fused-ring (bicyclic) bond motifs is 1. The molecule has 1 saturated heterocycles. The molecule has 1 fully saturated rings. The topological polar surface area (TPSA) is 103 Å². The molecule has 108 valence electrons. The van der Waals surface area contributed by atoms with Crippen molar-refractivity contribution >= 4 is 21.7 Å². The van der Waals surface area contributed by atoms with Crippen LogP contribution >= 0.6 is 0 Å². The predicted octanol–water partition coefficient (Wildman–Crippen LogP) is 0.620. The molecule has 0 saturated carbocycles. The summed E-state index contributed by atoms with van der Waals surface area (Å²) in [6.45, 7) is 1.27. The summed E-state index contributed by atoms with van der Waals surface area (Å²) in [5, 5.41) is 0. The van der Waals surface area contributed by atoms with Gasteiger partial charge in [-0.05, 0) is 25.0 Å². The number of amidine groups is 1. The molecule has 2 aliphatic rings. The van der Waals surface area contributed by atoms with Crippen LogP contribution < -0.4 is 15.2 Å². The van der Waals surface area contributed by atoms with E-state index < -0.39 is 10.2 Å². The largest absolute Gasteiger partial charge is 0.487 e. The van der Waals surface area contributed by atoms with Crippen molar-refractivity contribution in [2.24, 2.45) is 10.1 Å². The number of benzene rings is 1. The molecule has 0 aromatic heterocycles. The van der Waals surface area contributed by atoms with Crippen molar-refractivity contribution in [3.63, 3.8) is 0 Å². The van der Waals surface area contributed by atoms with Gasteiger partial charge >= 0.3 is 10.2 Å². The van der Waals surface area contributed by atoms with E-state index in [1.165, 1.54) is 0 Å². The van der Waals surface area contributed by atoms with Gasteiger partial charge in [-0.3, -0.25) is 4.72 Å². The smallest absolute Gasteiger partial charge is 0.344 e. The van der Waals surface area contributed by atoms with Crippen molar-refractivity contribution in [2.75, 3.05) is 17.9 Å². The Morgan fingerprint density at radius 2 is 2.30 bits per heavy atom. The number of ether oxygens (including phenoxy) is 2. The van der Waals surface area contributed by atoms with Gasteiger partial charge in [-0.2, -0.15) is 8.42 Å². The fourth-order valence-corrected chi connectivity index (χ4v) is 3.14. The molecule has 20 heavy (non-hydrogen) atoms. The van der Waals surface area contributed by atoms with Crippen molar-refractivity contribution in [1.29, 1.82) is 0 Å². The molecule has 1 aromatic carbocycles. The summed E-state index contributed by atoms with van der Waals surface area (Å²) in [4.78, 5) is 0. The summed E-state index contributed by atoms with van der Waals surface area (Å²) >= 11 is 0. The normalized spacial score (nSPS) is 24.2. The quantitative estimate of drug-likeness (QED) is 0.833. The Bertz CT molecular complexity index is 651. The highest BCUT2D eigenvalue weighted by Crippen LogP contribution is 2.31. The predicted molar refractivity (Wildman–Crippen MR) is 74.2 cm³/mol. The van der Waals surface area contributed by atoms with E-state index in [-0.39, 0.29) is 11.9 Å². The number of nitrogens with two attached hydrogens (primary N) is 1. The second-order valence-electron chi connectivity index (χ2n) is 4.69. The van der Waals surface area contributed by atoms with Crippen molar-refractivity contribution in [1.82, 2.24) is 0 Å². The first-order valence-electron chi connectivity index (χ1n) is 6.31. The molecule has 1 unspecified atom stereocenters. The molecule has 3 rings (SSSR count). The van der Waals surface area contributed by atoms with Gasteiger partial charge in [0.15, 0.2) is 5.84 Å². The monoisotopic (exact) mass is 297 g/mol. The second kappa shape index (κ2) is 4.95. The highest BCUT2D eigenvalue weighted by Gasteiger charge is 2.26. The van der Waals surface area contributed by atoms with Crippen LogP contribution in [0.5, 0.6) is 5.75 Å². The summed E-state index contributed by atoms with van der Waals surface area (Å²) in [7, 11) is -3.76. The van der Waals surface area contributed by atoms with Crippen molar-refractivity contribution < 1.29 is 17.9 Å². The Morgan fingerprint density at radius 3 is 3.05 bits per heavy atom. The molecular formula is C12H15N3O4S. The lowest BCUT2D eigenvalue weighted by atomic mass is 10.1. The highest BCUT2D eigenvalue weighted by atomic mass is 32.2. The van der Waals surface area contributed by atoms with Gasteiger partial charge in [0.25, 0.3) is 0 Å². The number of anilines is 1. The molecule has 0 radical (unpaired) electrons. The zero-order valence-electron chi connectivity index (χ0n) is 10.7. The van der Waals surface area contributed by atoms with Crippen LogP contribution in [0.3, 0.4) is 0 Å². The minimum atomic E-state index is -3.76. The second-order valence-corrected chi connectivity index (χ2v) is 6.03. The maximum Gasteiger partial charge on any atom is 0.344 e. The third kappa shape index (κ3) is 2.56. The molecule has 2 aliphatic heterocycles. The first-order chi connectivity index (χ1) is 9.55. The zero-order valence-corrected chi connectivity index (χ0v) is 11.5. The van der Waals surface area contributed by atoms with Crippen molar-refractivity contribution in [3.05, 3.63) is 23.8 Å². The minimum absolute atomic E-state index is 0.0541. The summed E-state index contributed by atoms with van der Waals surface area (Å²) in [6, 6.07) is 5.08. The van der Waals surface area contributed by atoms with E-state index in [2.05, 4.69) is 9.12 Å². The lowest BCUT2D eigenvalue weighted by Crippen LogP contribution is -2.31. The lowest BCUT2D eigenvalue weighted by molar-refractivity contribution is 0.00738. The first-order valence-corrected chi connectivity index (χ1v) is 7.75. The third-order valence-electron chi connectivity index (χ3n) is 3.15. The van der Waals surface area contributed by atoms with Crippen LogP contribution in [0.25, 0.3) is 0 Å². The van der Waals surface area contributed by atoms with Gasteiger partial charge in [0.05, 0.1) is 17.9 Å². The van der Waals surface area contributed by atoms with Crippen LogP contribution in [-0.2, 0) is 14.9 Å². The van der Waals surface area contributed by atoms with Gasteiger partial charge in [0.2, 0.25) is 0 Å². The van der Waals surface area contributed by atoms with Crippen molar-refractivity contribution in [3.8, 4) is 5.75 Å². The standard InChI is InChI=1S/C12H15N3O4S/c13-12-11-9(14-20(16,17)15-12)4-1-5-10(11)19-8-3-2-6-18-7-8/h1,4-5,8,14H,2-3,6-7H2,(H2,13,15). The fourth-order valence-electron chi connectivity index (χ4n) is 2.30. The van der Waals surface area contributed by atoms with Gasteiger partial charge in [-0.1, -0.05) is 6.07 Å². The number of rotatable bonds is 2. The molecular weight excluding hydrogens is 282 g/mol. The Morgan fingerprint density at radius 1 is 1.45 bits per heavy atom. The molecule has 0 amide bonds. The first kappa shape index (κ1) is 13.2. The Labute approximate surface area is 117 Å². The molecule has 0 spiro atoms. The summed E-state index contributed by atoms with van der Waals surface area (Å²) in [5.74, 6) is 0.452. The van der Waals surface area contributed by atoms with Gasteiger partial charge in [-0.15, -0.1) is 4.40 Å². The van der Waals surface area contributed by atoms with E-state index in [4.69, 9.17) is 15.2 Å². The molecule has 3 N–H and O–H groups in total. The molecule has 1 aromatic rings. The van der Waals surface area contributed by atoms with Crippen LogP contribution in [0.2, 0.25) is 0 Å². The fraction of sp³-hybridized carbons (Fsp3) is 0.417. The van der Waals surface area contributed by atoms with Crippen LogP contribution in [0, 0.1) is 0 Å². The van der Waals surface area contributed by atoms with E-state index >= 15 is 0 Å². The van der Waals surface area contributed by atoms with Gasteiger partial charge in [0.1, 0.15) is 11.9 Å². The van der Waals surface area contributed by atoms with E-state index in [0.29, 0.717) is 23.6 Å². The number of hydrogen-bond acceptors (Lipinski definition) is 5. The maximum absolute atomic E-state index is 11.5. The van der Waals surface area contributed by atoms with Crippen LogP contribution in [0.4, 0.5) is 5.69 Å². The van der Waals surface area contributed by atoms with Crippen LogP contribution in [0.1, 0.15) is 18.4 Å². The number of hydrogen-bond donors (Lipinski definition) is 2. The lowest BCUT2D eigenvalue weighted by Gasteiger charge is -2.26. The number of nitrogens with one attached hydrogen (secondary N) is 1. The molecule has 7 nitrogen and oxygen atoms in total.